The topological polar surface area (TPSA) is 87.8 Å². The molecule has 0 radical (unpaired) electrons. The number of nitrogens with zero attached hydrogens (tertiary/aromatic N) is 3. The Hall–Kier alpha value is -2.17. The normalized spacial score (nSPS) is 12.8. The first kappa shape index (κ1) is 14.2. The van der Waals surface area contributed by atoms with E-state index in [9.17, 15) is 8.42 Å². The van der Waals surface area contributed by atoms with Gasteiger partial charge in [0.25, 0.3) is 0 Å². The monoisotopic (exact) mass is 290 g/mol. The number of sulfonamides is 1. The Morgan fingerprint density at radius 2 is 2.10 bits per heavy atom. The molecule has 1 N–H and O–H groups in total. The van der Waals surface area contributed by atoms with Crippen molar-refractivity contribution in [2.24, 2.45) is 0 Å². The van der Waals surface area contributed by atoms with Crippen LogP contribution in [0, 0.1) is 11.3 Å². The van der Waals surface area contributed by atoms with Crippen LogP contribution >= 0.6 is 0 Å². The third kappa shape index (κ3) is 3.44. The van der Waals surface area contributed by atoms with E-state index in [0.717, 1.165) is 0 Å². The maximum absolute atomic E-state index is 12.1. The first-order chi connectivity index (χ1) is 9.51. The van der Waals surface area contributed by atoms with Gasteiger partial charge in [0.2, 0.25) is 10.0 Å². The fraction of sp³-hybridized carbons (Fsp3) is 0.231. The molecule has 0 saturated carbocycles. The molecule has 1 aromatic heterocycles. The molecular weight excluding hydrogens is 276 g/mol. The van der Waals surface area contributed by atoms with Crippen molar-refractivity contribution < 1.29 is 8.42 Å². The van der Waals surface area contributed by atoms with Gasteiger partial charge in [0.05, 0.1) is 23.1 Å². The van der Waals surface area contributed by atoms with Gasteiger partial charge in [0.1, 0.15) is 0 Å². The number of rotatable bonds is 5. The van der Waals surface area contributed by atoms with E-state index < -0.39 is 10.0 Å². The van der Waals surface area contributed by atoms with Crippen LogP contribution in [0.15, 0.2) is 47.6 Å². The maximum atomic E-state index is 12.1. The van der Waals surface area contributed by atoms with Gasteiger partial charge in [-0.15, -0.1) is 0 Å². The SMILES string of the molecule is C[C@@H](Cn1cccn1)NS(=O)(=O)c1ccc(C#N)cc1. The Bertz CT molecular complexity index is 700. The minimum atomic E-state index is -3.59. The average molecular weight is 290 g/mol. The minimum absolute atomic E-state index is 0.142. The van der Waals surface area contributed by atoms with Crippen molar-refractivity contribution in [3.05, 3.63) is 48.3 Å². The molecule has 6 nitrogen and oxygen atoms in total. The van der Waals surface area contributed by atoms with Crippen molar-refractivity contribution in [2.45, 2.75) is 24.4 Å². The van der Waals surface area contributed by atoms with Crippen molar-refractivity contribution in [3.8, 4) is 6.07 Å². The second kappa shape index (κ2) is 5.86. The third-order valence-corrected chi connectivity index (χ3v) is 4.28. The zero-order chi connectivity index (χ0) is 14.6. The highest BCUT2D eigenvalue weighted by molar-refractivity contribution is 7.89. The lowest BCUT2D eigenvalue weighted by molar-refractivity contribution is 0.494. The summed E-state index contributed by atoms with van der Waals surface area (Å²) in [6, 6.07) is 9.23. The molecule has 0 aliphatic rings. The zero-order valence-electron chi connectivity index (χ0n) is 10.9. The van der Waals surface area contributed by atoms with E-state index in [2.05, 4.69) is 9.82 Å². The minimum Gasteiger partial charge on any atom is -0.271 e. The van der Waals surface area contributed by atoms with Crippen molar-refractivity contribution in [1.82, 2.24) is 14.5 Å². The van der Waals surface area contributed by atoms with Gasteiger partial charge in [-0.3, -0.25) is 4.68 Å². The van der Waals surface area contributed by atoms with Gasteiger partial charge >= 0.3 is 0 Å². The van der Waals surface area contributed by atoms with Crippen LogP contribution in [-0.4, -0.2) is 24.2 Å². The molecule has 2 rings (SSSR count). The summed E-state index contributed by atoms with van der Waals surface area (Å²) in [5.74, 6) is 0. The van der Waals surface area contributed by atoms with E-state index in [4.69, 9.17) is 5.26 Å². The molecular formula is C13H14N4O2S. The lowest BCUT2D eigenvalue weighted by Crippen LogP contribution is -2.35. The summed E-state index contributed by atoms with van der Waals surface area (Å²) in [6.45, 7) is 2.21. The molecule has 1 aromatic carbocycles. The van der Waals surface area contributed by atoms with Gasteiger partial charge < -0.3 is 0 Å². The summed E-state index contributed by atoms with van der Waals surface area (Å²) >= 11 is 0. The second-order valence-electron chi connectivity index (χ2n) is 4.39. The third-order valence-electron chi connectivity index (χ3n) is 2.67. The fourth-order valence-corrected chi connectivity index (χ4v) is 3.00. The number of hydrogen-bond acceptors (Lipinski definition) is 4. The van der Waals surface area contributed by atoms with Crippen LogP contribution < -0.4 is 4.72 Å². The van der Waals surface area contributed by atoms with E-state index in [0.29, 0.717) is 12.1 Å². The van der Waals surface area contributed by atoms with Crippen LogP contribution in [-0.2, 0) is 16.6 Å². The van der Waals surface area contributed by atoms with Crippen LogP contribution in [0.2, 0.25) is 0 Å². The van der Waals surface area contributed by atoms with Gasteiger partial charge in [-0.25, -0.2) is 13.1 Å². The number of nitriles is 1. The molecule has 20 heavy (non-hydrogen) atoms. The number of aromatic nitrogens is 2. The lowest BCUT2D eigenvalue weighted by atomic mass is 10.2. The van der Waals surface area contributed by atoms with E-state index in [1.54, 1.807) is 30.1 Å². The Balaban J connectivity index is 2.08. The first-order valence-electron chi connectivity index (χ1n) is 6.01. The number of hydrogen-bond donors (Lipinski definition) is 1. The molecule has 0 unspecified atom stereocenters. The summed E-state index contributed by atoms with van der Waals surface area (Å²) in [4.78, 5) is 0.142. The molecule has 0 saturated heterocycles. The van der Waals surface area contributed by atoms with Gasteiger partial charge in [0.15, 0.2) is 0 Å². The molecule has 0 amide bonds. The number of benzene rings is 1. The highest BCUT2D eigenvalue weighted by Gasteiger charge is 2.17. The quantitative estimate of drug-likeness (QED) is 0.894. The fourth-order valence-electron chi connectivity index (χ4n) is 1.77. The summed E-state index contributed by atoms with van der Waals surface area (Å²) in [7, 11) is -3.59. The van der Waals surface area contributed by atoms with Crippen LogP contribution in [0.5, 0.6) is 0 Å². The molecule has 1 atom stereocenters. The largest absolute Gasteiger partial charge is 0.271 e. The van der Waals surface area contributed by atoms with Gasteiger partial charge in [-0.2, -0.15) is 10.4 Å². The van der Waals surface area contributed by atoms with Crippen molar-refractivity contribution >= 4 is 10.0 Å². The van der Waals surface area contributed by atoms with E-state index >= 15 is 0 Å². The molecule has 0 aliphatic carbocycles. The van der Waals surface area contributed by atoms with E-state index in [1.807, 2.05) is 6.07 Å². The molecule has 2 aromatic rings. The predicted octanol–water partition coefficient (Wildman–Crippen LogP) is 1.12. The highest BCUT2D eigenvalue weighted by Crippen LogP contribution is 2.10. The maximum Gasteiger partial charge on any atom is 0.240 e. The Morgan fingerprint density at radius 1 is 1.40 bits per heavy atom. The summed E-state index contributed by atoms with van der Waals surface area (Å²) < 4.78 is 28.5. The Morgan fingerprint density at radius 3 is 2.65 bits per heavy atom. The van der Waals surface area contributed by atoms with Gasteiger partial charge in [0, 0.05) is 18.4 Å². The van der Waals surface area contributed by atoms with Crippen LogP contribution in [0.3, 0.4) is 0 Å². The first-order valence-corrected chi connectivity index (χ1v) is 7.49. The van der Waals surface area contributed by atoms with Crippen LogP contribution in [0.1, 0.15) is 12.5 Å². The van der Waals surface area contributed by atoms with Crippen molar-refractivity contribution in [2.75, 3.05) is 0 Å². The number of nitrogens with one attached hydrogen (secondary N) is 1. The summed E-state index contributed by atoms with van der Waals surface area (Å²) in [5.41, 5.74) is 0.425. The van der Waals surface area contributed by atoms with E-state index in [-0.39, 0.29) is 10.9 Å². The Labute approximate surface area is 117 Å². The lowest BCUT2D eigenvalue weighted by Gasteiger charge is -2.14. The van der Waals surface area contributed by atoms with Crippen LogP contribution in [0.4, 0.5) is 0 Å². The smallest absolute Gasteiger partial charge is 0.240 e. The second-order valence-corrected chi connectivity index (χ2v) is 6.10. The molecule has 0 aliphatic heterocycles. The molecule has 0 spiro atoms. The van der Waals surface area contributed by atoms with Crippen molar-refractivity contribution in [3.63, 3.8) is 0 Å². The molecule has 0 fully saturated rings. The zero-order valence-corrected chi connectivity index (χ0v) is 11.7. The molecule has 0 bridgehead atoms. The van der Waals surface area contributed by atoms with Gasteiger partial charge in [-0.1, -0.05) is 0 Å². The summed E-state index contributed by atoms with van der Waals surface area (Å²) in [5, 5.41) is 12.7. The molecule has 104 valence electrons. The molecule has 1 heterocycles. The Kier molecular flexibility index (Phi) is 4.17. The predicted molar refractivity (Wildman–Crippen MR) is 73.2 cm³/mol. The summed E-state index contributed by atoms with van der Waals surface area (Å²) in [6.07, 6.45) is 3.41. The average Bonchev–Trinajstić information content (AvgIpc) is 2.91. The standard InChI is InChI=1S/C13H14N4O2S/c1-11(10-17-8-2-7-15-17)16-20(18,19)13-5-3-12(9-14)4-6-13/h2-8,11,16H,10H2,1H3/t11-/m0/s1. The van der Waals surface area contributed by atoms with Crippen molar-refractivity contribution in [1.29, 1.82) is 5.26 Å². The van der Waals surface area contributed by atoms with Crippen LogP contribution in [0.25, 0.3) is 0 Å². The van der Waals surface area contributed by atoms with E-state index in [1.165, 1.54) is 24.3 Å². The highest BCUT2D eigenvalue weighted by atomic mass is 32.2. The van der Waals surface area contributed by atoms with Gasteiger partial charge in [-0.05, 0) is 37.3 Å². The molecule has 7 heteroatoms.